The van der Waals surface area contributed by atoms with Gasteiger partial charge in [0.25, 0.3) is 0 Å². The predicted octanol–water partition coefficient (Wildman–Crippen LogP) is 2.01. The molecule has 0 radical (unpaired) electrons. The summed E-state index contributed by atoms with van der Waals surface area (Å²) in [6, 6.07) is 11.2. The Morgan fingerprint density at radius 3 is 2.58 bits per heavy atom. The highest BCUT2D eigenvalue weighted by Crippen LogP contribution is 2.19. The molecule has 19 heavy (non-hydrogen) atoms. The summed E-state index contributed by atoms with van der Waals surface area (Å²) in [5, 5.41) is 3.54. The van der Waals surface area contributed by atoms with Gasteiger partial charge in [-0.3, -0.25) is 4.21 Å². The zero-order valence-electron chi connectivity index (χ0n) is 11.7. The van der Waals surface area contributed by atoms with Gasteiger partial charge in [-0.05, 0) is 25.0 Å². The molecule has 1 heterocycles. The molecular formula is C15H24N2OS. The highest BCUT2D eigenvalue weighted by molar-refractivity contribution is 7.84. The second kappa shape index (κ2) is 7.65. The van der Waals surface area contributed by atoms with Gasteiger partial charge < -0.3 is 10.2 Å². The van der Waals surface area contributed by atoms with Gasteiger partial charge in [0.1, 0.15) is 0 Å². The van der Waals surface area contributed by atoms with Crippen molar-refractivity contribution < 1.29 is 4.21 Å². The summed E-state index contributed by atoms with van der Waals surface area (Å²) in [6.07, 6.45) is 2.35. The third-order valence-corrected chi connectivity index (χ3v) is 5.00. The van der Waals surface area contributed by atoms with Crippen LogP contribution >= 0.6 is 0 Å². The molecule has 1 aliphatic rings. The monoisotopic (exact) mass is 280 g/mol. The fourth-order valence-electron chi connectivity index (χ4n) is 2.50. The SMILES string of the molecule is CCS(=O)CCNC1CCN(c2ccccc2)CC1. The first-order valence-electron chi connectivity index (χ1n) is 7.18. The molecule has 106 valence electrons. The van der Waals surface area contributed by atoms with Crippen LogP contribution < -0.4 is 10.2 Å². The average molecular weight is 280 g/mol. The number of benzene rings is 1. The number of hydrogen-bond donors (Lipinski definition) is 1. The lowest BCUT2D eigenvalue weighted by Gasteiger charge is -2.34. The minimum absolute atomic E-state index is 0.591. The van der Waals surface area contributed by atoms with E-state index >= 15 is 0 Å². The summed E-state index contributed by atoms with van der Waals surface area (Å²) in [7, 11) is -0.641. The van der Waals surface area contributed by atoms with Gasteiger partial charge in [0.2, 0.25) is 0 Å². The summed E-state index contributed by atoms with van der Waals surface area (Å²) < 4.78 is 11.4. The first kappa shape index (κ1) is 14.5. The van der Waals surface area contributed by atoms with Gasteiger partial charge in [0.05, 0.1) is 0 Å². The van der Waals surface area contributed by atoms with Crippen molar-refractivity contribution in [3.8, 4) is 0 Å². The number of piperidine rings is 1. The van der Waals surface area contributed by atoms with Crippen molar-refractivity contribution in [2.45, 2.75) is 25.8 Å². The van der Waals surface area contributed by atoms with E-state index in [4.69, 9.17) is 0 Å². The van der Waals surface area contributed by atoms with Gasteiger partial charge in [0, 0.05) is 53.7 Å². The molecule has 4 heteroatoms. The Labute approximate surface area is 118 Å². The maximum absolute atomic E-state index is 11.4. The number of rotatable bonds is 6. The topological polar surface area (TPSA) is 32.3 Å². The lowest BCUT2D eigenvalue weighted by Crippen LogP contribution is -2.43. The third kappa shape index (κ3) is 4.62. The number of anilines is 1. The van der Waals surface area contributed by atoms with E-state index in [0.29, 0.717) is 6.04 Å². The molecule has 0 aromatic heterocycles. The van der Waals surface area contributed by atoms with Crippen molar-refractivity contribution in [3.63, 3.8) is 0 Å². The van der Waals surface area contributed by atoms with Crippen LogP contribution in [0.2, 0.25) is 0 Å². The quantitative estimate of drug-likeness (QED) is 0.865. The first-order valence-corrected chi connectivity index (χ1v) is 8.66. The molecule has 1 unspecified atom stereocenters. The van der Waals surface area contributed by atoms with Gasteiger partial charge in [-0.25, -0.2) is 0 Å². The standard InChI is InChI=1S/C15H24N2OS/c1-2-19(18)13-10-16-14-8-11-17(12-9-14)15-6-4-3-5-7-15/h3-7,14,16H,2,8-13H2,1H3. The summed E-state index contributed by atoms with van der Waals surface area (Å²) in [5.41, 5.74) is 1.33. The number of nitrogens with one attached hydrogen (secondary N) is 1. The van der Waals surface area contributed by atoms with Gasteiger partial charge in [-0.1, -0.05) is 25.1 Å². The van der Waals surface area contributed by atoms with Crippen LogP contribution in [0.4, 0.5) is 5.69 Å². The van der Waals surface area contributed by atoms with E-state index in [0.717, 1.165) is 31.1 Å². The third-order valence-electron chi connectivity index (χ3n) is 3.70. The van der Waals surface area contributed by atoms with Crippen LogP contribution in [0.15, 0.2) is 30.3 Å². The van der Waals surface area contributed by atoms with E-state index in [-0.39, 0.29) is 0 Å². The van der Waals surface area contributed by atoms with E-state index in [2.05, 4.69) is 40.5 Å². The number of nitrogens with zero attached hydrogens (tertiary/aromatic N) is 1. The van der Waals surface area contributed by atoms with Crippen molar-refractivity contribution in [3.05, 3.63) is 30.3 Å². The van der Waals surface area contributed by atoms with E-state index in [9.17, 15) is 4.21 Å². The summed E-state index contributed by atoms with van der Waals surface area (Å²) >= 11 is 0. The Kier molecular flexibility index (Phi) is 5.86. The molecule has 1 aromatic rings. The van der Waals surface area contributed by atoms with Crippen molar-refractivity contribution in [1.29, 1.82) is 0 Å². The Balaban J connectivity index is 1.69. The second-order valence-electron chi connectivity index (χ2n) is 4.98. The first-order chi connectivity index (χ1) is 9.29. The minimum Gasteiger partial charge on any atom is -0.371 e. The second-order valence-corrected chi connectivity index (χ2v) is 6.85. The zero-order valence-corrected chi connectivity index (χ0v) is 12.5. The summed E-state index contributed by atoms with van der Waals surface area (Å²) in [6.45, 7) is 5.09. The van der Waals surface area contributed by atoms with Crippen molar-refractivity contribution in [1.82, 2.24) is 5.32 Å². The molecule has 0 spiro atoms. The van der Waals surface area contributed by atoms with Crippen molar-refractivity contribution in [2.24, 2.45) is 0 Å². The fraction of sp³-hybridized carbons (Fsp3) is 0.600. The Morgan fingerprint density at radius 1 is 1.26 bits per heavy atom. The maximum Gasteiger partial charge on any atom is 0.0366 e. The molecule has 1 aromatic carbocycles. The van der Waals surface area contributed by atoms with Crippen LogP contribution in [-0.4, -0.2) is 41.4 Å². The molecule has 0 amide bonds. The molecule has 0 aliphatic carbocycles. The Morgan fingerprint density at radius 2 is 1.95 bits per heavy atom. The van der Waals surface area contributed by atoms with Gasteiger partial charge in [-0.2, -0.15) is 0 Å². The normalized spacial score (nSPS) is 18.5. The van der Waals surface area contributed by atoms with Crippen LogP contribution in [-0.2, 0) is 10.8 Å². The number of hydrogen-bond acceptors (Lipinski definition) is 3. The zero-order chi connectivity index (χ0) is 13.5. The van der Waals surface area contributed by atoms with E-state index in [1.807, 2.05) is 6.92 Å². The molecular weight excluding hydrogens is 256 g/mol. The highest BCUT2D eigenvalue weighted by Gasteiger charge is 2.18. The smallest absolute Gasteiger partial charge is 0.0366 e. The van der Waals surface area contributed by atoms with Gasteiger partial charge >= 0.3 is 0 Å². The molecule has 0 bridgehead atoms. The van der Waals surface area contributed by atoms with E-state index in [1.165, 1.54) is 18.5 Å². The molecule has 1 saturated heterocycles. The van der Waals surface area contributed by atoms with E-state index in [1.54, 1.807) is 0 Å². The lowest BCUT2D eigenvalue weighted by atomic mass is 10.0. The molecule has 1 N–H and O–H groups in total. The average Bonchev–Trinajstić information content (AvgIpc) is 2.48. The molecule has 3 nitrogen and oxygen atoms in total. The summed E-state index contributed by atoms with van der Waals surface area (Å²) in [4.78, 5) is 2.45. The van der Waals surface area contributed by atoms with Crippen molar-refractivity contribution >= 4 is 16.5 Å². The van der Waals surface area contributed by atoms with Crippen LogP contribution in [0, 0.1) is 0 Å². The van der Waals surface area contributed by atoms with Gasteiger partial charge in [0.15, 0.2) is 0 Å². The Hall–Kier alpha value is -0.870. The number of para-hydroxylation sites is 1. The van der Waals surface area contributed by atoms with Crippen LogP contribution in [0.25, 0.3) is 0 Å². The minimum atomic E-state index is -0.641. The Bertz CT molecular complexity index is 388. The maximum atomic E-state index is 11.4. The molecule has 1 fully saturated rings. The fourth-order valence-corrected chi connectivity index (χ4v) is 3.14. The lowest BCUT2D eigenvalue weighted by molar-refractivity contribution is 0.424. The van der Waals surface area contributed by atoms with E-state index < -0.39 is 10.8 Å². The molecule has 1 aliphatic heterocycles. The summed E-state index contributed by atoms with van der Waals surface area (Å²) in [5.74, 6) is 1.56. The van der Waals surface area contributed by atoms with Crippen LogP contribution in [0.1, 0.15) is 19.8 Å². The predicted molar refractivity (Wildman–Crippen MR) is 83.2 cm³/mol. The van der Waals surface area contributed by atoms with Crippen molar-refractivity contribution in [2.75, 3.05) is 36.0 Å². The molecule has 1 atom stereocenters. The molecule has 0 saturated carbocycles. The largest absolute Gasteiger partial charge is 0.371 e. The van der Waals surface area contributed by atoms with Gasteiger partial charge in [-0.15, -0.1) is 0 Å². The molecule has 2 rings (SSSR count). The highest BCUT2D eigenvalue weighted by atomic mass is 32.2. The van der Waals surface area contributed by atoms with Crippen LogP contribution in [0.3, 0.4) is 0 Å². The van der Waals surface area contributed by atoms with Crippen LogP contribution in [0.5, 0.6) is 0 Å².